The molecule has 3 heterocycles. The number of methoxy groups -OCH3 is 1. The number of aromatic nitrogens is 4. The Morgan fingerprint density at radius 3 is 2.65 bits per heavy atom. The molecule has 0 bridgehead atoms. The third kappa shape index (κ3) is 3.46. The molecular weight excluding hydrogens is 448 g/mol. The first-order valence-corrected chi connectivity index (χ1v) is 9.96. The van der Waals surface area contributed by atoms with E-state index in [1.54, 1.807) is 12.1 Å². The number of hydrogen-bond donors (Lipinski definition) is 1. The number of nitrogens with one attached hydrogen (secondary N) is 1. The second kappa shape index (κ2) is 8.42. The van der Waals surface area contributed by atoms with Crippen molar-refractivity contribution >= 4 is 22.6 Å². The molecule has 0 unspecified atom stereocenters. The summed E-state index contributed by atoms with van der Waals surface area (Å²) in [6.07, 6.45) is 0. The fourth-order valence-corrected chi connectivity index (χ4v) is 3.73. The molecule has 0 fully saturated rings. The van der Waals surface area contributed by atoms with Crippen LogP contribution in [0.15, 0.2) is 57.7 Å². The minimum atomic E-state index is -3.05. The van der Waals surface area contributed by atoms with Gasteiger partial charge < -0.3 is 18.7 Å². The molecule has 9 nitrogen and oxygen atoms in total. The van der Waals surface area contributed by atoms with Crippen LogP contribution in [0.4, 0.5) is 14.6 Å². The molecule has 0 saturated carbocycles. The van der Waals surface area contributed by atoms with E-state index in [1.165, 1.54) is 25.3 Å². The summed E-state index contributed by atoms with van der Waals surface area (Å²) in [6, 6.07) is 13.4. The number of H-pyrrole nitrogens is 1. The summed E-state index contributed by atoms with van der Waals surface area (Å²) < 4.78 is 42.2. The molecular formula is C23H15F2N5O4. The van der Waals surface area contributed by atoms with Crippen molar-refractivity contribution in [2.24, 2.45) is 0 Å². The molecule has 11 heteroatoms. The van der Waals surface area contributed by atoms with Crippen LogP contribution >= 0.6 is 0 Å². The number of benzene rings is 2. The zero-order valence-corrected chi connectivity index (χ0v) is 17.6. The van der Waals surface area contributed by atoms with Gasteiger partial charge in [-0.1, -0.05) is 43.0 Å². The SMILES string of the molecule is [C-]#[N+]c1[nH]n2c(=O)c(-c3nc4c(OC(F)F)cccc4o3)c(COC)nc2c1-c1ccccc1. The van der Waals surface area contributed by atoms with Gasteiger partial charge in [0.25, 0.3) is 5.82 Å². The van der Waals surface area contributed by atoms with Gasteiger partial charge in [-0.25, -0.2) is 15.1 Å². The van der Waals surface area contributed by atoms with Crippen molar-refractivity contribution < 1.29 is 22.7 Å². The van der Waals surface area contributed by atoms with Crippen molar-refractivity contribution in [1.82, 2.24) is 19.6 Å². The van der Waals surface area contributed by atoms with Crippen LogP contribution in [-0.4, -0.2) is 33.3 Å². The number of halogens is 2. The third-order valence-electron chi connectivity index (χ3n) is 5.10. The van der Waals surface area contributed by atoms with Crippen molar-refractivity contribution in [3.05, 3.63) is 76.0 Å². The zero-order chi connectivity index (χ0) is 23.8. The number of hydrogen-bond acceptors (Lipinski definition) is 6. The lowest BCUT2D eigenvalue weighted by molar-refractivity contribution is -0.0489. The van der Waals surface area contributed by atoms with Gasteiger partial charge in [-0.3, -0.25) is 4.79 Å². The van der Waals surface area contributed by atoms with Gasteiger partial charge in [0.1, 0.15) is 5.56 Å². The molecule has 0 spiro atoms. The summed E-state index contributed by atoms with van der Waals surface area (Å²) in [5, 5.41) is 2.78. The van der Waals surface area contributed by atoms with Crippen molar-refractivity contribution in [3.63, 3.8) is 0 Å². The molecule has 170 valence electrons. The topological polar surface area (TPSA) is 99.0 Å². The molecule has 0 amide bonds. The van der Waals surface area contributed by atoms with Crippen molar-refractivity contribution in [1.29, 1.82) is 0 Å². The van der Waals surface area contributed by atoms with Gasteiger partial charge in [-0.15, -0.1) is 4.52 Å². The number of oxazole rings is 1. The van der Waals surface area contributed by atoms with E-state index in [1.807, 2.05) is 18.2 Å². The molecule has 0 aliphatic heterocycles. The summed E-state index contributed by atoms with van der Waals surface area (Å²) in [4.78, 5) is 25.9. The molecule has 5 aromatic rings. The number of alkyl halides is 2. The Bertz CT molecular complexity index is 1620. The molecule has 0 radical (unpaired) electrons. The predicted molar refractivity (Wildman–Crippen MR) is 118 cm³/mol. The Hall–Kier alpha value is -4.56. The molecule has 0 aliphatic rings. The average Bonchev–Trinajstić information content (AvgIpc) is 3.42. The van der Waals surface area contributed by atoms with Gasteiger partial charge in [-0.2, -0.15) is 8.78 Å². The van der Waals surface area contributed by atoms with Crippen LogP contribution in [0.2, 0.25) is 0 Å². The fraction of sp³-hybridized carbons (Fsp3) is 0.130. The average molecular weight is 463 g/mol. The van der Waals surface area contributed by atoms with Gasteiger partial charge in [0.05, 0.1) is 17.9 Å². The second-order valence-corrected chi connectivity index (χ2v) is 7.14. The maximum Gasteiger partial charge on any atom is 0.387 e. The van der Waals surface area contributed by atoms with Crippen LogP contribution in [-0.2, 0) is 11.3 Å². The Balaban J connectivity index is 1.79. The highest BCUT2D eigenvalue weighted by Crippen LogP contribution is 2.35. The minimum Gasteiger partial charge on any atom is -0.436 e. The first kappa shape index (κ1) is 21.3. The highest BCUT2D eigenvalue weighted by Gasteiger charge is 2.26. The van der Waals surface area contributed by atoms with Gasteiger partial charge >= 0.3 is 12.2 Å². The van der Waals surface area contributed by atoms with E-state index in [-0.39, 0.29) is 52.1 Å². The lowest BCUT2D eigenvalue weighted by Crippen LogP contribution is -2.20. The highest BCUT2D eigenvalue weighted by atomic mass is 19.3. The van der Waals surface area contributed by atoms with E-state index in [4.69, 9.17) is 15.7 Å². The van der Waals surface area contributed by atoms with Crippen LogP contribution < -0.4 is 10.3 Å². The summed E-state index contributed by atoms with van der Waals surface area (Å²) >= 11 is 0. The smallest absolute Gasteiger partial charge is 0.387 e. The van der Waals surface area contributed by atoms with E-state index in [0.717, 1.165) is 4.52 Å². The largest absolute Gasteiger partial charge is 0.436 e. The molecule has 1 N–H and O–H groups in total. The van der Waals surface area contributed by atoms with Crippen molar-refractivity contribution in [3.8, 4) is 28.3 Å². The Morgan fingerprint density at radius 2 is 1.94 bits per heavy atom. The number of aromatic amines is 1. The molecule has 2 aromatic carbocycles. The maximum atomic E-state index is 13.6. The van der Waals surface area contributed by atoms with Crippen LogP contribution in [0.3, 0.4) is 0 Å². The van der Waals surface area contributed by atoms with Crippen LogP contribution in [0.25, 0.3) is 44.2 Å². The summed E-state index contributed by atoms with van der Waals surface area (Å²) in [5.74, 6) is -0.201. The summed E-state index contributed by atoms with van der Waals surface area (Å²) in [5.41, 5.74) is 1.16. The maximum absolute atomic E-state index is 13.6. The molecule has 0 atom stereocenters. The van der Waals surface area contributed by atoms with Gasteiger partial charge in [0.2, 0.25) is 5.89 Å². The molecule has 34 heavy (non-hydrogen) atoms. The minimum absolute atomic E-state index is 0.0315. The van der Waals surface area contributed by atoms with Crippen LogP contribution in [0.1, 0.15) is 5.69 Å². The quantitative estimate of drug-likeness (QED) is 0.364. The van der Waals surface area contributed by atoms with Crippen molar-refractivity contribution in [2.75, 3.05) is 7.11 Å². The first-order chi connectivity index (χ1) is 16.5. The fourth-order valence-electron chi connectivity index (χ4n) is 3.73. The van der Waals surface area contributed by atoms with Crippen LogP contribution in [0.5, 0.6) is 5.75 Å². The Kier molecular flexibility index (Phi) is 5.27. The zero-order valence-electron chi connectivity index (χ0n) is 17.6. The van der Waals surface area contributed by atoms with E-state index in [0.29, 0.717) is 11.1 Å². The number of nitrogens with zero attached hydrogens (tertiary/aromatic N) is 4. The third-order valence-corrected chi connectivity index (χ3v) is 5.10. The Morgan fingerprint density at radius 1 is 1.15 bits per heavy atom. The van der Waals surface area contributed by atoms with Gasteiger partial charge in [-0.05, 0) is 17.7 Å². The lowest BCUT2D eigenvalue weighted by Gasteiger charge is -2.06. The normalized spacial score (nSPS) is 11.4. The van der Waals surface area contributed by atoms with Gasteiger partial charge in [0.15, 0.2) is 22.5 Å². The van der Waals surface area contributed by atoms with Gasteiger partial charge in [0, 0.05) is 7.11 Å². The molecule has 3 aromatic heterocycles. The number of rotatable bonds is 6. The lowest BCUT2D eigenvalue weighted by atomic mass is 10.1. The van der Waals surface area contributed by atoms with E-state index >= 15 is 0 Å². The highest BCUT2D eigenvalue weighted by molar-refractivity contribution is 5.88. The molecule has 5 rings (SSSR count). The standard InChI is InChI=1S/C23H15F2N5O4/c1-26-19-16(12-7-4-3-5-8-12)20-27-13(11-32-2)17(22(31)30(20)29-19)21-28-18-14(33-21)9-6-10-15(18)34-23(24)25/h3-10,23,29H,11H2,2H3. The van der Waals surface area contributed by atoms with E-state index < -0.39 is 12.2 Å². The number of para-hydroxylation sites is 1. The Labute approximate surface area is 190 Å². The predicted octanol–water partition coefficient (Wildman–Crippen LogP) is 4.80. The molecule has 0 saturated heterocycles. The monoisotopic (exact) mass is 463 g/mol. The van der Waals surface area contributed by atoms with Crippen LogP contribution in [0, 0.1) is 6.57 Å². The van der Waals surface area contributed by atoms with Crippen molar-refractivity contribution in [2.45, 2.75) is 13.2 Å². The second-order valence-electron chi connectivity index (χ2n) is 7.14. The summed E-state index contributed by atoms with van der Waals surface area (Å²) in [6.45, 7) is 4.44. The number of fused-ring (bicyclic) bond motifs is 2. The first-order valence-electron chi connectivity index (χ1n) is 9.96. The van der Waals surface area contributed by atoms with E-state index in [9.17, 15) is 13.6 Å². The molecule has 0 aliphatic carbocycles. The number of ether oxygens (including phenoxy) is 2. The summed E-state index contributed by atoms with van der Waals surface area (Å²) in [7, 11) is 1.44. The van der Waals surface area contributed by atoms with E-state index in [2.05, 4.69) is 24.6 Å².